The number of alkyl halides is 3. The highest BCUT2D eigenvalue weighted by molar-refractivity contribution is 5.94. The Balaban J connectivity index is 1.62. The lowest BCUT2D eigenvalue weighted by atomic mass is 10.0. The Kier molecular flexibility index (Phi) is 5.06. The summed E-state index contributed by atoms with van der Waals surface area (Å²) < 4.78 is 38.8. The second kappa shape index (κ2) is 7.27. The topological polar surface area (TPSA) is 71.0 Å². The molecule has 0 spiro atoms. The number of piperidine rings is 1. The van der Waals surface area contributed by atoms with Gasteiger partial charge in [0.1, 0.15) is 17.3 Å². The number of hydrogen-bond donors (Lipinski definition) is 1. The SMILES string of the molecule is Cc1nc(N2CCC(NC(=O)c3ccncc3)CC2)cc(C(F)(F)F)n1. The number of carbonyl (C=O) groups excluding carboxylic acids is 1. The molecule has 3 rings (SSSR count). The fraction of sp³-hybridized carbons (Fsp3) is 0.412. The number of rotatable bonds is 3. The second-order valence-corrected chi connectivity index (χ2v) is 6.13. The Morgan fingerprint density at radius 2 is 1.85 bits per heavy atom. The van der Waals surface area contributed by atoms with E-state index >= 15 is 0 Å². The van der Waals surface area contributed by atoms with Gasteiger partial charge in [0.15, 0.2) is 0 Å². The van der Waals surface area contributed by atoms with Gasteiger partial charge in [-0.15, -0.1) is 0 Å². The van der Waals surface area contributed by atoms with Gasteiger partial charge in [-0.05, 0) is 31.9 Å². The summed E-state index contributed by atoms with van der Waals surface area (Å²) in [6, 6.07) is 4.21. The molecule has 2 aromatic rings. The molecule has 0 bridgehead atoms. The molecule has 26 heavy (non-hydrogen) atoms. The first-order valence-corrected chi connectivity index (χ1v) is 8.21. The van der Waals surface area contributed by atoms with E-state index in [-0.39, 0.29) is 23.6 Å². The first-order valence-electron chi connectivity index (χ1n) is 8.21. The number of nitrogens with one attached hydrogen (secondary N) is 1. The first kappa shape index (κ1) is 18.1. The van der Waals surface area contributed by atoms with Crippen molar-refractivity contribution in [2.24, 2.45) is 0 Å². The van der Waals surface area contributed by atoms with E-state index in [2.05, 4.69) is 20.3 Å². The van der Waals surface area contributed by atoms with Crippen LogP contribution in [-0.4, -0.2) is 40.0 Å². The lowest BCUT2D eigenvalue weighted by molar-refractivity contribution is -0.141. The molecule has 1 N–H and O–H groups in total. The lowest BCUT2D eigenvalue weighted by Gasteiger charge is -2.33. The van der Waals surface area contributed by atoms with E-state index in [9.17, 15) is 18.0 Å². The average Bonchev–Trinajstić information content (AvgIpc) is 2.62. The van der Waals surface area contributed by atoms with Crippen molar-refractivity contribution in [2.75, 3.05) is 18.0 Å². The average molecular weight is 365 g/mol. The number of hydrogen-bond acceptors (Lipinski definition) is 5. The van der Waals surface area contributed by atoms with Gasteiger partial charge in [-0.2, -0.15) is 13.2 Å². The molecule has 1 aliphatic rings. The molecular formula is C17H18F3N5O. The van der Waals surface area contributed by atoms with Crippen molar-refractivity contribution in [2.45, 2.75) is 32.0 Å². The number of nitrogens with zero attached hydrogens (tertiary/aromatic N) is 4. The minimum atomic E-state index is -4.50. The molecule has 0 aliphatic carbocycles. The Morgan fingerprint density at radius 3 is 2.46 bits per heavy atom. The zero-order chi connectivity index (χ0) is 18.7. The molecule has 0 radical (unpaired) electrons. The van der Waals surface area contributed by atoms with Crippen LogP contribution in [0.4, 0.5) is 19.0 Å². The van der Waals surface area contributed by atoms with E-state index < -0.39 is 11.9 Å². The molecule has 3 heterocycles. The minimum Gasteiger partial charge on any atom is -0.356 e. The molecule has 0 unspecified atom stereocenters. The summed E-state index contributed by atoms with van der Waals surface area (Å²) in [4.78, 5) is 25.4. The number of amides is 1. The summed E-state index contributed by atoms with van der Waals surface area (Å²) in [7, 11) is 0. The van der Waals surface area contributed by atoms with Crippen LogP contribution >= 0.6 is 0 Å². The maximum absolute atomic E-state index is 12.9. The fourth-order valence-electron chi connectivity index (χ4n) is 2.88. The number of carbonyl (C=O) groups is 1. The van der Waals surface area contributed by atoms with Crippen molar-refractivity contribution in [1.82, 2.24) is 20.3 Å². The number of pyridine rings is 1. The van der Waals surface area contributed by atoms with Gasteiger partial charge >= 0.3 is 6.18 Å². The second-order valence-electron chi connectivity index (χ2n) is 6.13. The van der Waals surface area contributed by atoms with Crippen LogP contribution in [0.1, 0.15) is 34.7 Å². The summed E-state index contributed by atoms with van der Waals surface area (Å²) in [6.07, 6.45) is -0.151. The van der Waals surface area contributed by atoms with E-state index in [0.717, 1.165) is 6.07 Å². The molecule has 1 saturated heterocycles. The van der Waals surface area contributed by atoms with Gasteiger partial charge < -0.3 is 10.2 Å². The Morgan fingerprint density at radius 1 is 1.19 bits per heavy atom. The third kappa shape index (κ3) is 4.27. The maximum atomic E-state index is 12.9. The predicted molar refractivity (Wildman–Crippen MR) is 88.7 cm³/mol. The van der Waals surface area contributed by atoms with Crippen molar-refractivity contribution < 1.29 is 18.0 Å². The van der Waals surface area contributed by atoms with Crippen LogP contribution in [0.15, 0.2) is 30.6 Å². The summed E-state index contributed by atoms with van der Waals surface area (Å²) in [5.41, 5.74) is -0.406. The van der Waals surface area contributed by atoms with E-state index in [0.29, 0.717) is 31.5 Å². The van der Waals surface area contributed by atoms with Crippen molar-refractivity contribution in [3.8, 4) is 0 Å². The van der Waals surface area contributed by atoms with Crippen LogP contribution < -0.4 is 10.2 Å². The minimum absolute atomic E-state index is 0.0306. The predicted octanol–water partition coefficient (Wildman–Crippen LogP) is 2.60. The van der Waals surface area contributed by atoms with Crippen LogP contribution in [0.3, 0.4) is 0 Å². The van der Waals surface area contributed by atoms with E-state index in [1.54, 1.807) is 29.4 Å². The lowest BCUT2D eigenvalue weighted by Crippen LogP contribution is -2.45. The summed E-state index contributed by atoms with van der Waals surface area (Å²) in [5, 5.41) is 2.95. The zero-order valence-corrected chi connectivity index (χ0v) is 14.1. The van der Waals surface area contributed by atoms with Gasteiger partial charge in [-0.25, -0.2) is 9.97 Å². The van der Waals surface area contributed by atoms with Crippen molar-refractivity contribution >= 4 is 11.7 Å². The molecule has 1 amide bonds. The molecule has 9 heteroatoms. The van der Waals surface area contributed by atoms with Gasteiger partial charge in [0.25, 0.3) is 5.91 Å². The van der Waals surface area contributed by atoms with E-state index in [4.69, 9.17) is 0 Å². The third-order valence-electron chi connectivity index (χ3n) is 4.21. The number of anilines is 1. The summed E-state index contributed by atoms with van der Waals surface area (Å²) in [6.45, 7) is 2.46. The highest BCUT2D eigenvalue weighted by Gasteiger charge is 2.34. The molecule has 6 nitrogen and oxygen atoms in total. The molecular weight excluding hydrogens is 347 g/mol. The molecule has 0 saturated carbocycles. The van der Waals surface area contributed by atoms with Crippen LogP contribution in [-0.2, 0) is 6.18 Å². The summed E-state index contributed by atoms with van der Waals surface area (Å²) in [5.74, 6) is 0.176. The Bertz CT molecular complexity index is 774. The highest BCUT2D eigenvalue weighted by atomic mass is 19.4. The number of aryl methyl sites for hydroxylation is 1. The maximum Gasteiger partial charge on any atom is 0.433 e. The third-order valence-corrected chi connectivity index (χ3v) is 4.21. The van der Waals surface area contributed by atoms with Gasteiger partial charge in [-0.1, -0.05) is 0 Å². The van der Waals surface area contributed by atoms with Crippen LogP contribution in [0.2, 0.25) is 0 Å². The standard InChI is InChI=1S/C17H18F3N5O/c1-11-22-14(17(18,19)20)10-15(23-11)25-8-4-13(5-9-25)24-16(26)12-2-6-21-7-3-12/h2-3,6-7,10,13H,4-5,8-9H2,1H3,(H,24,26). The number of halogens is 3. The highest BCUT2D eigenvalue weighted by Crippen LogP contribution is 2.30. The Labute approximate surface area is 148 Å². The van der Waals surface area contributed by atoms with Gasteiger partial charge in [-0.3, -0.25) is 9.78 Å². The van der Waals surface area contributed by atoms with Crippen molar-refractivity contribution in [3.63, 3.8) is 0 Å². The fourth-order valence-corrected chi connectivity index (χ4v) is 2.88. The smallest absolute Gasteiger partial charge is 0.356 e. The van der Waals surface area contributed by atoms with E-state index in [1.807, 2.05) is 0 Å². The molecule has 138 valence electrons. The summed E-state index contributed by atoms with van der Waals surface area (Å²) >= 11 is 0. The Hall–Kier alpha value is -2.71. The van der Waals surface area contributed by atoms with Gasteiger partial charge in [0.05, 0.1) is 0 Å². The van der Waals surface area contributed by atoms with Crippen molar-refractivity contribution in [1.29, 1.82) is 0 Å². The quantitative estimate of drug-likeness (QED) is 0.905. The normalized spacial score (nSPS) is 15.8. The van der Waals surface area contributed by atoms with Crippen LogP contribution in [0.5, 0.6) is 0 Å². The van der Waals surface area contributed by atoms with Crippen LogP contribution in [0.25, 0.3) is 0 Å². The van der Waals surface area contributed by atoms with Gasteiger partial charge in [0.2, 0.25) is 0 Å². The van der Waals surface area contributed by atoms with Gasteiger partial charge in [0, 0.05) is 43.2 Å². The first-order chi connectivity index (χ1) is 12.3. The largest absolute Gasteiger partial charge is 0.433 e. The van der Waals surface area contributed by atoms with Crippen molar-refractivity contribution in [3.05, 3.63) is 47.7 Å². The van der Waals surface area contributed by atoms with E-state index in [1.165, 1.54) is 6.92 Å². The number of aromatic nitrogens is 3. The molecule has 0 aromatic carbocycles. The monoisotopic (exact) mass is 365 g/mol. The van der Waals surface area contributed by atoms with Crippen LogP contribution in [0, 0.1) is 6.92 Å². The molecule has 2 aromatic heterocycles. The zero-order valence-electron chi connectivity index (χ0n) is 14.1. The molecule has 1 aliphatic heterocycles. The molecule has 0 atom stereocenters. The molecule has 1 fully saturated rings.